The van der Waals surface area contributed by atoms with E-state index in [9.17, 15) is 14.7 Å². The Morgan fingerprint density at radius 1 is 1.37 bits per heavy atom. The molecular formula is C19H20N4O4. The zero-order valence-electron chi connectivity index (χ0n) is 14.7. The van der Waals surface area contributed by atoms with E-state index in [-0.39, 0.29) is 11.9 Å². The highest BCUT2D eigenvalue weighted by Gasteiger charge is 2.63. The molecule has 0 bridgehead atoms. The van der Waals surface area contributed by atoms with Gasteiger partial charge in [-0.05, 0) is 30.2 Å². The number of amides is 1. The third-order valence-corrected chi connectivity index (χ3v) is 4.82. The summed E-state index contributed by atoms with van der Waals surface area (Å²) < 4.78 is 5.42. The maximum atomic E-state index is 12.3. The number of carboxylic acids is 1. The monoisotopic (exact) mass is 368 g/mol. The first-order chi connectivity index (χ1) is 12.9. The Hall–Kier alpha value is -3.55. The fourth-order valence-corrected chi connectivity index (χ4v) is 3.59. The Kier molecular flexibility index (Phi) is 4.72. The fraction of sp³-hybridized carbons (Fsp3) is 0.211. The lowest BCUT2D eigenvalue weighted by molar-refractivity contribution is -0.140. The van der Waals surface area contributed by atoms with Crippen LogP contribution in [0.5, 0.6) is 5.75 Å². The van der Waals surface area contributed by atoms with Gasteiger partial charge in [-0.1, -0.05) is 24.3 Å². The van der Waals surface area contributed by atoms with E-state index in [1.165, 1.54) is 7.11 Å². The van der Waals surface area contributed by atoms with E-state index < -0.39 is 11.4 Å². The number of carbonyl (C=O) groups is 2. The summed E-state index contributed by atoms with van der Waals surface area (Å²) in [5, 5.41) is 22.6. The van der Waals surface area contributed by atoms with E-state index in [4.69, 9.17) is 15.9 Å². The lowest BCUT2D eigenvalue weighted by atomic mass is 9.89. The van der Waals surface area contributed by atoms with Crippen LogP contribution >= 0.6 is 0 Å². The van der Waals surface area contributed by atoms with Gasteiger partial charge in [0.1, 0.15) is 11.2 Å². The summed E-state index contributed by atoms with van der Waals surface area (Å²) in [4.78, 5) is 23.1. The SMILES string of the molecule is COc1c(NC=O)cccc1C1(C(=O)O)CC1c1cccc(NC(=N)N)c1. The van der Waals surface area contributed by atoms with Gasteiger partial charge in [0.05, 0.1) is 12.8 Å². The molecule has 3 rings (SSSR count). The van der Waals surface area contributed by atoms with Crippen LogP contribution < -0.4 is 21.1 Å². The summed E-state index contributed by atoms with van der Waals surface area (Å²) in [6.45, 7) is 0. The molecule has 0 heterocycles. The topological polar surface area (TPSA) is 138 Å². The van der Waals surface area contributed by atoms with E-state index >= 15 is 0 Å². The van der Waals surface area contributed by atoms with Gasteiger partial charge >= 0.3 is 5.97 Å². The van der Waals surface area contributed by atoms with Crippen LogP contribution in [0.4, 0.5) is 11.4 Å². The molecular weight excluding hydrogens is 348 g/mol. The van der Waals surface area contributed by atoms with Crippen LogP contribution in [0.25, 0.3) is 0 Å². The Bertz CT molecular complexity index is 914. The van der Waals surface area contributed by atoms with Crippen molar-refractivity contribution in [2.24, 2.45) is 5.73 Å². The average Bonchev–Trinajstić information content (AvgIpc) is 3.38. The molecule has 1 aliphatic rings. The summed E-state index contributed by atoms with van der Waals surface area (Å²) in [6.07, 6.45) is 0.920. The molecule has 1 amide bonds. The summed E-state index contributed by atoms with van der Waals surface area (Å²) in [6, 6.07) is 12.2. The fourth-order valence-electron chi connectivity index (χ4n) is 3.59. The van der Waals surface area contributed by atoms with Gasteiger partial charge < -0.3 is 26.2 Å². The molecule has 8 nitrogen and oxygen atoms in total. The highest BCUT2D eigenvalue weighted by atomic mass is 16.5. The number of methoxy groups -OCH3 is 1. The molecule has 2 aromatic carbocycles. The number of guanidine groups is 1. The Balaban J connectivity index is 2.04. The first-order valence-electron chi connectivity index (χ1n) is 8.26. The number of hydrogen-bond donors (Lipinski definition) is 5. The van der Waals surface area contributed by atoms with E-state index in [0.29, 0.717) is 35.5 Å². The van der Waals surface area contributed by atoms with Crippen LogP contribution in [0.3, 0.4) is 0 Å². The number of benzene rings is 2. The first kappa shape index (κ1) is 18.2. The number of nitrogens with two attached hydrogens (primary N) is 1. The smallest absolute Gasteiger partial charge is 0.314 e. The molecule has 2 unspecified atom stereocenters. The molecule has 1 saturated carbocycles. The number of nitrogens with one attached hydrogen (secondary N) is 3. The standard InChI is InChI=1S/C19H20N4O4/c1-27-16-13(6-3-7-15(16)22-10-24)19(17(25)26)9-14(19)11-4-2-5-12(8-11)23-18(20)21/h2-8,10,14H,9H2,1H3,(H,22,24)(H,25,26)(H4,20,21,23). The van der Waals surface area contributed by atoms with Crippen LogP contribution in [0.2, 0.25) is 0 Å². The number of hydrogen-bond acceptors (Lipinski definition) is 4. The van der Waals surface area contributed by atoms with E-state index in [2.05, 4.69) is 10.6 Å². The van der Waals surface area contributed by atoms with Crippen molar-refractivity contribution in [3.63, 3.8) is 0 Å². The summed E-state index contributed by atoms with van der Waals surface area (Å²) in [5.41, 5.74) is 6.59. The summed E-state index contributed by atoms with van der Waals surface area (Å²) in [7, 11) is 1.44. The van der Waals surface area contributed by atoms with Crippen LogP contribution in [0.15, 0.2) is 42.5 Å². The Morgan fingerprint density at radius 2 is 2.11 bits per heavy atom. The number of rotatable bonds is 7. The average molecular weight is 368 g/mol. The lowest BCUT2D eigenvalue weighted by Gasteiger charge is -2.19. The van der Waals surface area contributed by atoms with E-state index in [0.717, 1.165) is 5.56 Å². The number of aliphatic carboxylic acids is 1. The van der Waals surface area contributed by atoms with Gasteiger partial charge in [0.2, 0.25) is 6.41 Å². The number of ether oxygens (including phenoxy) is 1. The maximum absolute atomic E-state index is 12.3. The van der Waals surface area contributed by atoms with Crippen molar-refractivity contribution in [1.29, 1.82) is 5.41 Å². The van der Waals surface area contributed by atoms with Crippen LogP contribution in [0.1, 0.15) is 23.5 Å². The second kappa shape index (κ2) is 6.99. The molecule has 0 radical (unpaired) electrons. The summed E-state index contributed by atoms with van der Waals surface area (Å²) >= 11 is 0. The van der Waals surface area contributed by atoms with Gasteiger partial charge in [-0.3, -0.25) is 15.0 Å². The molecule has 8 heteroatoms. The zero-order valence-corrected chi connectivity index (χ0v) is 14.7. The minimum Gasteiger partial charge on any atom is -0.494 e. The van der Waals surface area contributed by atoms with Crippen molar-refractivity contribution in [3.8, 4) is 5.75 Å². The minimum absolute atomic E-state index is 0.193. The molecule has 140 valence electrons. The van der Waals surface area contributed by atoms with Crippen molar-refractivity contribution < 1.29 is 19.4 Å². The summed E-state index contributed by atoms with van der Waals surface area (Å²) in [5.74, 6) is -1.09. The largest absolute Gasteiger partial charge is 0.494 e. The van der Waals surface area contributed by atoms with Gasteiger partial charge in [0, 0.05) is 17.2 Å². The molecule has 0 aromatic heterocycles. The molecule has 0 saturated heterocycles. The molecule has 0 aliphatic heterocycles. The Morgan fingerprint density at radius 3 is 2.74 bits per heavy atom. The van der Waals surface area contributed by atoms with Gasteiger partial charge in [-0.15, -0.1) is 0 Å². The normalized spacial score (nSPS) is 20.4. The van der Waals surface area contributed by atoms with Crippen molar-refractivity contribution >= 4 is 29.7 Å². The van der Waals surface area contributed by atoms with Crippen LogP contribution in [-0.2, 0) is 15.0 Å². The first-order valence-corrected chi connectivity index (χ1v) is 8.26. The predicted molar refractivity (Wildman–Crippen MR) is 101 cm³/mol. The number of para-hydroxylation sites is 1. The number of anilines is 2. The van der Waals surface area contributed by atoms with Crippen molar-refractivity contribution in [2.45, 2.75) is 17.8 Å². The van der Waals surface area contributed by atoms with E-state index in [1.54, 1.807) is 36.4 Å². The second-order valence-electron chi connectivity index (χ2n) is 6.35. The highest BCUT2D eigenvalue weighted by Crippen LogP contribution is 2.63. The molecule has 1 aliphatic carbocycles. The van der Waals surface area contributed by atoms with Crippen molar-refractivity contribution in [1.82, 2.24) is 0 Å². The van der Waals surface area contributed by atoms with Crippen molar-refractivity contribution in [3.05, 3.63) is 53.6 Å². The zero-order chi connectivity index (χ0) is 19.6. The van der Waals surface area contributed by atoms with Gasteiger partial charge in [-0.25, -0.2) is 0 Å². The maximum Gasteiger partial charge on any atom is 0.314 e. The Labute approximate surface area is 155 Å². The highest BCUT2D eigenvalue weighted by molar-refractivity contribution is 5.92. The molecule has 2 atom stereocenters. The quantitative estimate of drug-likeness (QED) is 0.288. The second-order valence-corrected chi connectivity index (χ2v) is 6.35. The molecule has 27 heavy (non-hydrogen) atoms. The van der Waals surface area contributed by atoms with Crippen LogP contribution in [-0.4, -0.2) is 30.6 Å². The van der Waals surface area contributed by atoms with Gasteiger partial charge in [-0.2, -0.15) is 0 Å². The van der Waals surface area contributed by atoms with E-state index in [1.807, 2.05) is 6.07 Å². The molecule has 0 spiro atoms. The van der Waals surface area contributed by atoms with Crippen molar-refractivity contribution in [2.75, 3.05) is 17.7 Å². The number of carboxylic acid groups (broad SMARTS) is 1. The molecule has 2 aromatic rings. The third-order valence-electron chi connectivity index (χ3n) is 4.82. The predicted octanol–water partition coefficient (Wildman–Crippen LogP) is 2.08. The minimum atomic E-state index is -1.15. The molecule has 6 N–H and O–H groups in total. The molecule has 1 fully saturated rings. The van der Waals surface area contributed by atoms with Gasteiger partial charge in [0.25, 0.3) is 0 Å². The van der Waals surface area contributed by atoms with Gasteiger partial charge in [0.15, 0.2) is 5.96 Å². The lowest BCUT2D eigenvalue weighted by Crippen LogP contribution is -2.23. The number of carbonyl (C=O) groups excluding carboxylic acids is 1. The van der Waals surface area contributed by atoms with Crippen LogP contribution in [0, 0.1) is 5.41 Å². The third kappa shape index (κ3) is 3.17.